The molecule has 0 saturated carbocycles. The lowest BCUT2D eigenvalue weighted by Crippen LogP contribution is -2.23. The Bertz CT molecular complexity index is 1640. The number of hydrogen-bond donors (Lipinski definition) is 2. The number of nitrogens with zero attached hydrogens (tertiary/aromatic N) is 4. The van der Waals surface area contributed by atoms with E-state index in [1.807, 2.05) is 54.6 Å². The molecule has 192 valence electrons. The third-order valence-electron chi connectivity index (χ3n) is 6.01. The Morgan fingerprint density at radius 1 is 0.947 bits per heavy atom. The smallest absolute Gasteiger partial charge is 0.257 e. The maximum Gasteiger partial charge on any atom is 0.257 e. The van der Waals surface area contributed by atoms with E-state index in [-0.39, 0.29) is 17.3 Å². The summed E-state index contributed by atoms with van der Waals surface area (Å²) >= 11 is 0. The fraction of sp³-hybridized carbons (Fsp3) is 0.143. The van der Waals surface area contributed by atoms with Crippen LogP contribution >= 0.6 is 0 Å². The summed E-state index contributed by atoms with van der Waals surface area (Å²) in [5.74, 6) is 1.16. The summed E-state index contributed by atoms with van der Waals surface area (Å²) in [5, 5.41) is 7.50. The molecule has 0 spiro atoms. The Labute approximate surface area is 218 Å². The van der Waals surface area contributed by atoms with Crippen molar-refractivity contribution in [3.63, 3.8) is 0 Å². The highest BCUT2D eigenvalue weighted by Gasteiger charge is 2.24. The van der Waals surface area contributed by atoms with Gasteiger partial charge in [-0.15, -0.1) is 0 Å². The Kier molecular flexibility index (Phi) is 6.77. The number of aromatic nitrogens is 3. The van der Waals surface area contributed by atoms with Gasteiger partial charge < -0.3 is 25.3 Å². The van der Waals surface area contributed by atoms with Crippen LogP contribution in [0.2, 0.25) is 0 Å². The Hall–Kier alpha value is -5.12. The average Bonchev–Trinajstić information content (AvgIpc) is 3.23. The van der Waals surface area contributed by atoms with Crippen LogP contribution in [-0.4, -0.2) is 48.1 Å². The maximum absolute atomic E-state index is 13.3. The van der Waals surface area contributed by atoms with Gasteiger partial charge in [0.15, 0.2) is 17.1 Å². The number of methoxy groups -OCH3 is 3. The van der Waals surface area contributed by atoms with E-state index in [4.69, 9.17) is 29.9 Å². The molecule has 10 nitrogen and oxygen atoms in total. The lowest BCUT2D eigenvalue weighted by Gasteiger charge is -2.12. The van der Waals surface area contributed by atoms with Crippen LogP contribution in [-0.2, 0) is 6.54 Å². The van der Waals surface area contributed by atoms with Crippen molar-refractivity contribution in [2.75, 3.05) is 27.1 Å². The Balaban J connectivity index is 1.60. The number of carbonyl (C=O) groups is 1. The first kappa shape index (κ1) is 24.6. The SMILES string of the molecule is COc1cc(/C=N\n2c(N)c(C(=O)NCc3ccccc3)c3nc4ccccc4nc32)cc(OC)c1OC. The number of nitrogen functional groups attached to an aromatic ring is 1. The van der Waals surface area contributed by atoms with Crippen molar-refractivity contribution in [2.45, 2.75) is 6.54 Å². The molecule has 0 saturated heterocycles. The molecule has 2 heterocycles. The second-order valence-corrected chi connectivity index (χ2v) is 8.33. The van der Waals surface area contributed by atoms with E-state index in [1.165, 1.54) is 26.0 Å². The fourth-order valence-electron chi connectivity index (χ4n) is 4.16. The number of benzene rings is 3. The minimum absolute atomic E-state index is 0.115. The molecule has 38 heavy (non-hydrogen) atoms. The van der Waals surface area contributed by atoms with E-state index >= 15 is 0 Å². The van der Waals surface area contributed by atoms with Gasteiger partial charge in [-0.25, -0.2) is 9.97 Å². The molecule has 3 N–H and O–H groups in total. The number of hydrogen-bond acceptors (Lipinski definition) is 8. The molecule has 0 fully saturated rings. The third-order valence-corrected chi connectivity index (χ3v) is 6.01. The molecule has 0 atom stereocenters. The highest BCUT2D eigenvalue weighted by atomic mass is 16.5. The predicted molar refractivity (Wildman–Crippen MR) is 146 cm³/mol. The second kappa shape index (κ2) is 10.5. The number of amides is 1. The first-order chi connectivity index (χ1) is 18.5. The number of fused-ring (bicyclic) bond motifs is 2. The summed E-state index contributed by atoms with van der Waals surface area (Å²) < 4.78 is 17.7. The first-order valence-corrected chi connectivity index (χ1v) is 11.8. The van der Waals surface area contributed by atoms with E-state index in [0.29, 0.717) is 51.6 Å². The molecule has 0 unspecified atom stereocenters. The average molecular weight is 511 g/mol. The Morgan fingerprint density at radius 2 is 1.58 bits per heavy atom. The van der Waals surface area contributed by atoms with Gasteiger partial charge >= 0.3 is 0 Å². The minimum atomic E-state index is -0.373. The number of nitrogens with two attached hydrogens (primary N) is 1. The first-order valence-electron chi connectivity index (χ1n) is 11.8. The monoisotopic (exact) mass is 510 g/mol. The molecule has 10 heteroatoms. The van der Waals surface area contributed by atoms with Crippen LogP contribution in [0.25, 0.3) is 22.2 Å². The van der Waals surface area contributed by atoms with Crippen LogP contribution in [0.15, 0.2) is 71.8 Å². The van der Waals surface area contributed by atoms with Crippen molar-refractivity contribution < 1.29 is 19.0 Å². The van der Waals surface area contributed by atoms with Crippen molar-refractivity contribution in [1.82, 2.24) is 20.0 Å². The normalized spacial score (nSPS) is 11.2. The lowest BCUT2D eigenvalue weighted by atomic mass is 10.2. The van der Waals surface area contributed by atoms with Gasteiger partial charge in [0.05, 0.1) is 38.6 Å². The number of rotatable bonds is 8. The fourth-order valence-corrected chi connectivity index (χ4v) is 4.16. The zero-order valence-electron chi connectivity index (χ0n) is 21.1. The molecule has 0 radical (unpaired) electrons. The molecule has 3 aromatic carbocycles. The van der Waals surface area contributed by atoms with Gasteiger partial charge in [-0.2, -0.15) is 9.78 Å². The predicted octanol–water partition coefficient (Wildman–Crippen LogP) is 4.00. The number of ether oxygens (including phenoxy) is 3. The molecular weight excluding hydrogens is 484 g/mol. The molecule has 2 aromatic heterocycles. The summed E-state index contributed by atoms with van der Waals surface area (Å²) in [7, 11) is 4.61. The number of nitrogens with one attached hydrogen (secondary N) is 1. The summed E-state index contributed by atoms with van der Waals surface area (Å²) in [4.78, 5) is 22.8. The molecule has 0 aliphatic rings. The largest absolute Gasteiger partial charge is 0.493 e. The molecule has 5 aromatic rings. The van der Waals surface area contributed by atoms with Crippen molar-refractivity contribution in [2.24, 2.45) is 5.10 Å². The second-order valence-electron chi connectivity index (χ2n) is 8.33. The molecule has 0 bridgehead atoms. The highest BCUT2D eigenvalue weighted by Crippen LogP contribution is 2.38. The van der Waals surface area contributed by atoms with Gasteiger partial charge in [-0.05, 0) is 29.8 Å². The van der Waals surface area contributed by atoms with Gasteiger partial charge in [-0.1, -0.05) is 42.5 Å². The standard InChI is InChI=1S/C28H26N6O4/c1-36-21-13-18(14-22(37-2)25(21)38-3)16-31-34-26(29)23(28(35)30-15-17-9-5-4-6-10-17)24-27(34)33-20-12-8-7-11-19(20)32-24/h4-14,16H,15,29H2,1-3H3,(H,30,35)/b31-16-. The van der Waals surface area contributed by atoms with Crippen molar-refractivity contribution >= 4 is 40.1 Å². The van der Waals surface area contributed by atoms with Crippen LogP contribution in [0.1, 0.15) is 21.5 Å². The molecular formula is C28H26N6O4. The summed E-state index contributed by atoms with van der Waals surface area (Å²) in [6.45, 7) is 0.335. The van der Waals surface area contributed by atoms with Gasteiger partial charge in [-0.3, -0.25) is 4.79 Å². The third kappa shape index (κ3) is 4.55. The minimum Gasteiger partial charge on any atom is -0.493 e. The topological polar surface area (TPSA) is 126 Å². The van der Waals surface area contributed by atoms with Crippen molar-refractivity contribution in [3.8, 4) is 17.2 Å². The quantitative estimate of drug-likeness (QED) is 0.302. The van der Waals surface area contributed by atoms with Crippen LogP contribution in [0.3, 0.4) is 0 Å². The van der Waals surface area contributed by atoms with Crippen molar-refractivity contribution in [1.29, 1.82) is 0 Å². The van der Waals surface area contributed by atoms with Crippen LogP contribution in [0.4, 0.5) is 5.82 Å². The zero-order valence-corrected chi connectivity index (χ0v) is 21.1. The van der Waals surface area contributed by atoms with E-state index in [1.54, 1.807) is 18.3 Å². The van der Waals surface area contributed by atoms with Gasteiger partial charge in [0.1, 0.15) is 16.9 Å². The zero-order chi connectivity index (χ0) is 26.6. The number of anilines is 1. The lowest BCUT2D eigenvalue weighted by molar-refractivity contribution is 0.0953. The summed E-state index contributed by atoms with van der Waals surface area (Å²) in [6.07, 6.45) is 1.57. The van der Waals surface area contributed by atoms with Crippen molar-refractivity contribution in [3.05, 3.63) is 83.4 Å². The highest BCUT2D eigenvalue weighted by molar-refractivity contribution is 6.10. The van der Waals surface area contributed by atoms with Gasteiger partial charge in [0.25, 0.3) is 5.91 Å². The molecule has 5 rings (SSSR count). The van der Waals surface area contributed by atoms with E-state index < -0.39 is 0 Å². The molecule has 0 aliphatic heterocycles. The van der Waals surface area contributed by atoms with Gasteiger partial charge in [0.2, 0.25) is 5.75 Å². The summed E-state index contributed by atoms with van der Waals surface area (Å²) in [6, 6.07) is 20.5. The van der Waals surface area contributed by atoms with Crippen LogP contribution < -0.4 is 25.3 Å². The Morgan fingerprint density at radius 3 is 2.21 bits per heavy atom. The van der Waals surface area contributed by atoms with Crippen LogP contribution in [0, 0.1) is 0 Å². The van der Waals surface area contributed by atoms with E-state index in [9.17, 15) is 4.79 Å². The summed E-state index contributed by atoms with van der Waals surface area (Å²) in [5.41, 5.74) is 10.3. The van der Waals surface area contributed by atoms with E-state index in [0.717, 1.165) is 5.56 Å². The molecule has 1 amide bonds. The van der Waals surface area contributed by atoms with Gasteiger partial charge in [0, 0.05) is 12.1 Å². The molecule has 0 aliphatic carbocycles. The number of para-hydroxylation sites is 2. The van der Waals surface area contributed by atoms with E-state index in [2.05, 4.69) is 10.4 Å². The maximum atomic E-state index is 13.3. The van der Waals surface area contributed by atoms with Crippen LogP contribution in [0.5, 0.6) is 17.2 Å². The number of carbonyl (C=O) groups excluding carboxylic acids is 1.